The van der Waals surface area contributed by atoms with Crippen molar-refractivity contribution in [1.82, 2.24) is 9.97 Å². The van der Waals surface area contributed by atoms with Crippen molar-refractivity contribution in [3.8, 4) is 0 Å². The van der Waals surface area contributed by atoms with Crippen molar-refractivity contribution < 1.29 is 0 Å². The van der Waals surface area contributed by atoms with Crippen LogP contribution in [-0.4, -0.2) is 22.2 Å². The average molecular weight is 369 g/mol. The lowest BCUT2D eigenvalue weighted by molar-refractivity contribution is 1.03. The predicted octanol–water partition coefficient (Wildman–Crippen LogP) is 5.35. The van der Waals surface area contributed by atoms with E-state index in [1.807, 2.05) is 24.3 Å². The second-order valence-electron chi connectivity index (χ2n) is 6.79. The van der Waals surface area contributed by atoms with Gasteiger partial charge in [0.15, 0.2) is 0 Å². The number of fused-ring (bicyclic) bond motifs is 1. The number of para-hydroxylation sites is 1. The molecule has 0 spiro atoms. The molecule has 0 fully saturated rings. The quantitative estimate of drug-likeness (QED) is 0.332. The molecule has 2 heterocycles. The number of aromatic nitrogens is 2. The van der Waals surface area contributed by atoms with E-state index in [1.165, 1.54) is 16.5 Å². The maximum atomic E-state index is 7.70. The van der Waals surface area contributed by atoms with Gasteiger partial charge in [0.1, 0.15) is 0 Å². The molecule has 4 N–H and O–H groups in total. The van der Waals surface area contributed by atoms with Gasteiger partial charge in [-0.15, -0.1) is 0 Å². The largest absolute Gasteiger partial charge is 0.385 e. The van der Waals surface area contributed by atoms with E-state index in [2.05, 4.69) is 63.2 Å². The minimum atomic E-state index is 0.457. The zero-order valence-electron chi connectivity index (χ0n) is 15.8. The van der Waals surface area contributed by atoms with Gasteiger partial charge in [0.25, 0.3) is 0 Å². The molecule has 5 heteroatoms. The Kier molecular flexibility index (Phi) is 5.06. The number of nitrogens with one attached hydrogen (secondary N) is 4. The van der Waals surface area contributed by atoms with Crippen molar-refractivity contribution in [2.75, 3.05) is 17.2 Å². The van der Waals surface area contributed by atoms with E-state index in [0.717, 1.165) is 30.0 Å². The van der Waals surface area contributed by atoms with Crippen LogP contribution < -0.4 is 10.6 Å². The summed E-state index contributed by atoms with van der Waals surface area (Å²) in [5.41, 5.74) is 6.68. The Morgan fingerprint density at radius 2 is 1.79 bits per heavy atom. The molecule has 0 saturated heterocycles. The number of pyridine rings is 1. The molecule has 2 aromatic carbocycles. The van der Waals surface area contributed by atoms with E-state index in [-0.39, 0.29) is 0 Å². The lowest BCUT2D eigenvalue weighted by Gasteiger charge is -2.10. The third kappa shape index (κ3) is 4.04. The minimum absolute atomic E-state index is 0.457. The van der Waals surface area contributed by atoms with Crippen LogP contribution in [0.5, 0.6) is 0 Å². The molecule has 0 aliphatic carbocycles. The van der Waals surface area contributed by atoms with Gasteiger partial charge >= 0.3 is 0 Å². The Labute approximate surface area is 164 Å². The van der Waals surface area contributed by atoms with Crippen molar-refractivity contribution in [2.45, 2.75) is 13.3 Å². The Morgan fingerprint density at radius 3 is 2.61 bits per heavy atom. The predicted molar refractivity (Wildman–Crippen MR) is 117 cm³/mol. The van der Waals surface area contributed by atoms with Crippen LogP contribution in [0, 0.1) is 5.41 Å². The summed E-state index contributed by atoms with van der Waals surface area (Å²) in [6.07, 6.45) is 4.78. The summed E-state index contributed by atoms with van der Waals surface area (Å²) in [6, 6.07) is 20.4. The van der Waals surface area contributed by atoms with Crippen LogP contribution in [0.1, 0.15) is 18.2 Å². The smallest absolute Gasteiger partial charge is 0.0854 e. The van der Waals surface area contributed by atoms with Crippen LogP contribution in [0.4, 0.5) is 17.1 Å². The van der Waals surface area contributed by atoms with Crippen LogP contribution in [0.3, 0.4) is 0 Å². The fraction of sp³-hybridized carbons (Fsp3) is 0.130. The maximum absolute atomic E-state index is 7.70. The van der Waals surface area contributed by atoms with Gasteiger partial charge in [-0.05, 0) is 61.4 Å². The first-order valence-corrected chi connectivity index (χ1v) is 9.36. The third-order valence-electron chi connectivity index (χ3n) is 4.72. The number of nitrogens with zero attached hydrogens (tertiary/aromatic N) is 1. The number of benzene rings is 2. The van der Waals surface area contributed by atoms with Crippen molar-refractivity contribution >= 4 is 33.7 Å². The Bertz CT molecular complexity index is 1100. The number of hydrogen-bond acceptors (Lipinski definition) is 4. The highest BCUT2D eigenvalue weighted by Crippen LogP contribution is 2.21. The summed E-state index contributed by atoms with van der Waals surface area (Å²) in [4.78, 5) is 7.52. The van der Waals surface area contributed by atoms with E-state index in [0.29, 0.717) is 11.4 Å². The van der Waals surface area contributed by atoms with Gasteiger partial charge in [0.2, 0.25) is 0 Å². The normalized spacial score (nSPS) is 10.8. The van der Waals surface area contributed by atoms with E-state index >= 15 is 0 Å². The van der Waals surface area contributed by atoms with Gasteiger partial charge in [0.05, 0.1) is 11.4 Å². The molecule has 0 saturated carbocycles. The lowest BCUT2D eigenvalue weighted by atomic mass is 10.1. The fourth-order valence-electron chi connectivity index (χ4n) is 3.23. The summed E-state index contributed by atoms with van der Waals surface area (Å²) in [5.74, 6) is 0. The Morgan fingerprint density at radius 1 is 1.00 bits per heavy atom. The highest BCUT2D eigenvalue weighted by atomic mass is 14.9. The van der Waals surface area contributed by atoms with E-state index < -0.39 is 0 Å². The number of H-pyrrole nitrogens is 1. The number of anilines is 3. The van der Waals surface area contributed by atoms with Gasteiger partial charge in [-0.2, -0.15) is 0 Å². The molecule has 0 amide bonds. The SMILES string of the molecule is CC(=N)c1cc(Nc2ccc(NCCc3c[nH]c4ccccc34)cc2)ccn1. The summed E-state index contributed by atoms with van der Waals surface area (Å²) in [7, 11) is 0. The van der Waals surface area contributed by atoms with Gasteiger partial charge < -0.3 is 21.0 Å². The van der Waals surface area contributed by atoms with Crippen LogP contribution in [0.15, 0.2) is 73.1 Å². The molecule has 0 radical (unpaired) electrons. The summed E-state index contributed by atoms with van der Waals surface area (Å²) >= 11 is 0. The Balaban J connectivity index is 1.34. The fourth-order valence-corrected chi connectivity index (χ4v) is 3.23. The summed E-state index contributed by atoms with van der Waals surface area (Å²) < 4.78 is 0. The topological polar surface area (TPSA) is 76.6 Å². The molecule has 28 heavy (non-hydrogen) atoms. The van der Waals surface area contributed by atoms with E-state index in [1.54, 1.807) is 13.1 Å². The van der Waals surface area contributed by atoms with Crippen LogP contribution >= 0.6 is 0 Å². The average Bonchev–Trinajstić information content (AvgIpc) is 3.13. The van der Waals surface area contributed by atoms with Gasteiger partial charge in [-0.1, -0.05) is 18.2 Å². The van der Waals surface area contributed by atoms with Gasteiger partial charge in [-0.25, -0.2) is 0 Å². The minimum Gasteiger partial charge on any atom is -0.385 e. The molecule has 0 aliphatic rings. The highest BCUT2D eigenvalue weighted by molar-refractivity contribution is 5.95. The highest BCUT2D eigenvalue weighted by Gasteiger charge is 2.03. The standard InChI is InChI=1S/C23H23N5/c1-16(24)23-14-20(11-13-26-23)28-19-8-6-18(7-9-19)25-12-10-17-15-27-22-5-3-2-4-21(17)22/h2-9,11,13-15,24-25,27H,10,12H2,1H3,(H,26,28). The molecule has 2 aromatic heterocycles. The Hall–Kier alpha value is -3.60. The van der Waals surface area contributed by atoms with Gasteiger partial charge in [-0.3, -0.25) is 4.98 Å². The van der Waals surface area contributed by atoms with Crippen molar-refractivity contribution in [1.29, 1.82) is 5.41 Å². The first kappa shape index (κ1) is 17.8. The number of rotatable bonds is 7. The number of hydrogen-bond donors (Lipinski definition) is 4. The molecule has 0 bridgehead atoms. The van der Waals surface area contributed by atoms with Crippen molar-refractivity contribution in [3.05, 3.63) is 84.3 Å². The second-order valence-corrected chi connectivity index (χ2v) is 6.79. The molecule has 140 valence electrons. The van der Waals surface area contributed by atoms with E-state index in [9.17, 15) is 0 Å². The van der Waals surface area contributed by atoms with E-state index in [4.69, 9.17) is 5.41 Å². The molecule has 5 nitrogen and oxygen atoms in total. The third-order valence-corrected chi connectivity index (χ3v) is 4.72. The monoisotopic (exact) mass is 369 g/mol. The first-order valence-electron chi connectivity index (χ1n) is 9.36. The van der Waals surface area contributed by atoms with Crippen LogP contribution in [0.2, 0.25) is 0 Å². The molecule has 4 rings (SSSR count). The summed E-state index contributed by atoms with van der Waals surface area (Å²) in [5, 5.41) is 15.8. The number of aromatic amines is 1. The zero-order chi connectivity index (χ0) is 19.3. The first-order chi connectivity index (χ1) is 13.7. The molecular formula is C23H23N5. The van der Waals surface area contributed by atoms with Crippen LogP contribution in [-0.2, 0) is 6.42 Å². The summed E-state index contributed by atoms with van der Waals surface area (Å²) in [6.45, 7) is 2.61. The maximum Gasteiger partial charge on any atom is 0.0854 e. The molecule has 0 unspecified atom stereocenters. The zero-order valence-corrected chi connectivity index (χ0v) is 15.8. The molecule has 0 aliphatic heterocycles. The van der Waals surface area contributed by atoms with Crippen molar-refractivity contribution in [3.63, 3.8) is 0 Å². The van der Waals surface area contributed by atoms with Gasteiger partial charge in [0, 0.05) is 46.9 Å². The van der Waals surface area contributed by atoms with Crippen LogP contribution in [0.25, 0.3) is 10.9 Å². The second kappa shape index (κ2) is 7.96. The molecule has 4 aromatic rings. The lowest BCUT2D eigenvalue weighted by Crippen LogP contribution is -2.04. The van der Waals surface area contributed by atoms with Crippen molar-refractivity contribution in [2.24, 2.45) is 0 Å². The molecular weight excluding hydrogens is 346 g/mol. The molecule has 0 atom stereocenters.